The molecule has 3 rings (SSSR count). The molecule has 3 nitrogen and oxygen atoms in total. The topological polar surface area (TPSA) is 37.8 Å². The summed E-state index contributed by atoms with van der Waals surface area (Å²) in [5.74, 6) is -2.83. The summed E-state index contributed by atoms with van der Waals surface area (Å²) in [6, 6.07) is -0.0254. The Hall–Kier alpha value is -1.85. The van der Waals surface area contributed by atoms with Gasteiger partial charge in [0.1, 0.15) is 17.0 Å². The number of aryl methyl sites for hydroxylation is 1. The minimum atomic E-state index is -1.20. The van der Waals surface area contributed by atoms with Gasteiger partial charge in [0.05, 0.1) is 5.39 Å². The molecule has 1 aliphatic rings. The van der Waals surface area contributed by atoms with Crippen molar-refractivity contribution < 1.29 is 13.2 Å². The van der Waals surface area contributed by atoms with Crippen molar-refractivity contribution in [1.82, 2.24) is 9.97 Å². The van der Waals surface area contributed by atoms with Gasteiger partial charge in [0, 0.05) is 12.2 Å². The first-order valence-electron chi connectivity index (χ1n) is 8.14. The molecule has 0 atom stereocenters. The molecule has 1 aromatic heterocycles. The zero-order valence-electron chi connectivity index (χ0n) is 13.7. The molecule has 1 aliphatic carbocycles. The Morgan fingerprint density at radius 2 is 1.65 bits per heavy atom. The maximum atomic E-state index is 14.5. The van der Waals surface area contributed by atoms with Crippen LogP contribution in [0.4, 0.5) is 18.9 Å². The fourth-order valence-corrected chi connectivity index (χ4v) is 2.82. The summed E-state index contributed by atoms with van der Waals surface area (Å²) in [7, 11) is 0. The highest BCUT2D eigenvalue weighted by Gasteiger charge is 2.24. The van der Waals surface area contributed by atoms with E-state index >= 15 is 0 Å². The number of nitrogens with zero attached hydrogens (tertiary/aromatic N) is 2. The van der Waals surface area contributed by atoms with Crippen LogP contribution in [0.3, 0.4) is 0 Å². The lowest BCUT2D eigenvalue weighted by molar-refractivity contribution is 0.454. The third-order valence-corrected chi connectivity index (χ3v) is 3.94. The molecule has 0 unspecified atom stereocenters. The van der Waals surface area contributed by atoms with E-state index < -0.39 is 23.1 Å². The van der Waals surface area contributed by atoms with Crippen LogP contribution in [-0.2, 0) is 0 Å². The molecule has 0 bridgehead atoms. The Morgan fingerprint density at radius 1 is 1.00 bits per heavy atom. The van der Waals surface area contributed by atoms with Crippen molar-refractivity contribution >= 4 is 16.6 Å². The highest BCUT2D eigenvalue weighted by atomic mass is 19.2. The monoisotopic (exact) mass is 325 g/mol. The molecule has 6 heteroatoms. The van der Waals surface area contributed by atoms with Crippen molar-refractivity contribution in [3.63, 3.8) is 0 Å². The normalized spacial score (nSPS) is 15.2. The van der Waals surface area contributed by atoms with Crippen molar-refractivity contribution in [1.29, 1.82) is 0 Å². The average Bonchev–Trinajstić information content (AvgIpc) is 2.59. The van der Waals surface area contributed by atoms with Gasteiger partial charge in [-0.05, 0) is 19.8 Å². The molecule has 1 fully saturated rings. The summed E-state index contributed by atoms with van der Waals surface area (Å²) in [6.45, 7) is 5.58. The van der Waals surface area contributed by atoms with Gasteiger partial charge in [-0.3, -0.25) is 0 Å². The van der Waals surface area contributed by atoms with Crippen LogP contribution in [-0.4, -0.2) is 16.0 Å². The highest BCUT2D eigenvalue weighted by molar-refractivity contribution is 5.83. The predicted octanol–water partition coefficient (Wildman–Crippen LogP) is 5.13. The lowest BCUT2D eigenvalue weighted by Crippen LogP contribution is -2.24. The van der Waals surface area contributed by atoms with Crippen molar-refractivity contribution in [2.45, 2.75) is 58.9 Å². The van der Waals surface area contributed by atoms with Crippen molar-refractivity contribution in [2.24, 2.45) is 0 Å². The summed E-state index contributed by atoms with van der Waals surface area (Å²) in [4.78, 5) is 7.69. The first-order chi connectivity index (χ1) is 11.1. The zero-order valence-corrected chi connectivity index (χ0v) is 13.7. The molecule has 2 aromatic rings. The zero-order chi connectivity index (χ0) is 17.0. The lowest BCUT2D eigenvalue weighted by Gasteiger charge is -2.24. The number of halogens is 3. The van der Waals surface area contributed by atoms with Gasteiger partial charge in [0.25, 0.3) is 0 Å². The smallest absolute Gasteiger partial charge is 0.185 e. The molecule has 1 N–H and O–H groups in total. The minimum Gasteiger partial charge on any atom is -0.377 e. The fourth-order valence-electron chi connectivity index (χ4n) is 2.82. The van der Waals surface area contributed by atoms with Gasteiger partial charge in [-0.25, -0.2) is 23.1 Å². The van der Waals surface area contributed by atoms with Crippen molar-refractivity contribution in [3.05, 3.63) is 29.5 Å². The Bertz CT molecular complexity index is 683. The summed E-state index contributed by atoms with van der Waals surface area (Å²) >= 11 is 0. The van der Waals surface area contributed by atoms with E-state index in [1.807, 2.05) is 13.8 Å². The Kier molecular flexibility index (Phi) is 5.80. The molecule has 0 aliphatic heterocycles. The number of hydrogen-bond donors (Lipinski definition) is 1. The molecule has 0 saturated heterocycles. The van der Waals surface area contributed by atoms with Crippen LogP contribution >= 0.6 is 0 Å². The predicted molar refractivity (Wildman–Crippen MR) is 86.0 cm³/mol. The van der Waals surface area contributed by atoms with Crippen LogP contribution in [0.2, 0.25) is 0 Å². The van der Waals surface area contributed by atoms with Crippen molar-refractivity contribution in [3.8, 4) is 0 Å². The maximum absolute atomic E-state index is 14.5. The van der Waals surface area contributed by atoms with Crippen molar-refractivity contribution in [2.75, 3.05) is 5.32 Å². The molecule has 1 saturated carbocycles. The van der Waals surface area contributed by atoms with E-state index in [2.05, 4.69) is 15.3 Å². The second-order valence-electron chi connectivity index (χ2n) is 5.48. The van der Waals surface area contributed by atoms with Gasteiger partial charge >= 0.3 is 0 Å². The molecule has 1 aromatic carbocycles. The van der Waals surface area contributed by atoms with Gasteiger partial charge < -0.3 is 5.32 Å². The van der Waals surface area contributed by atoms with Crippen LogP contribution in [0.5, 0.6) is 0 Å². The number of hydrogen-bond acceptors (Lipinski definition) is 3. The third kappa shape index (κ3) is 3.57. The third-order valence-electron chi connectivity index (χ3n) is 3.94. The standard InChI is InChI=1S/C15H16F3N3.C2H6/c1-8-19-7-10-11(16)12(17)15(13(18)14(10)20-8)21-9-5-3-2-4-6-9;1-2/h7,9,21H,2-6H2,1H3;1-2H3. The number of benzene rings is 1. The average molecular weight is 325 g/mol. The SMILES string of the molecule is CC.Cc1ncc2c(F)c(F)c(NC3CCCCC3)c(F)c2n1. The second-order valence-corrected chi connectivity index (χ2v) is 5.48. The van der Waals surface area contributed by atoms with Gasteiger partial charge in [-0.2, -0.15) is 0 Å². The summed E-state index contributed by atoms with van der Waals surface area (Å²) in [5.41, 5.74) is -0.593. The number of rotatable bonds is 2. The quantitative estimate of drug-likeness (QED) is 0.778. The molecule has 23 heavy (non-hydrogen) atoms. The molecular weight excluding hydrogens is 303 g/mol. The van der Waals surface area contributed by atoms with E-state index in [9.17, 15) is 13.2 Å². The molecule has 0 radical (unpaired) electrons. The lowest BCUT2D eigenvalue weighted by atomic mass is 9.95. The van der Waals surface area contributed by atoms with E-state index in [-0.39, 0.29) is 16.9 Å². The summed E-state index contributed by atoms with van der Waals surface area (Å²) in [5, 5.41) is 2.59. The Morgan fingerprint density at radius 3 is 2.30 bits per heavy atom. The van der Waals surface area contributed by atoms with Crippen LogP contribution in [0.15, 0.2) is 6.20 Å². The van der Waals surface area contributed by atoms with Crippen LogP contribution in [0.1, 0.15) is 51.8 Å². The first kappa shape index (κ1) is 17.5. The number of nitrogens with one attached hydrogen (secondary N) is 1. The molecule has 126 valence electrons. The number of anilines is 1. The molecular formula is C17H22F3N3. The molecule has 0 spiro atoms. The summed E-state index contributed by atoms with van der Waals surface area (Å²) < 4.78 is 42.7. The highest BCUT2D eigenvalue weighted by Crippen LogP contribution is 2.32. The summed E-state index contributed by atoms with van der Waals surface area (Å²) in [6.07, 6.45) is 5.93. The van der Waals surface area contributed by atoms with E-state index in [1.54, 1.807) is 6.92 Å². The Labute approximate surface area is 134 Å². The number of aromatic nitrogens is 2. The van der Waals surface area contributed by atoms with Crippen LogP contribution < -0.4 is 5.32 Å². The second kappa shape index (κ2) is 7.62. The molecule has 1 heterocycles. The fraction of sp³-hybridized carbons (Fsp3) is 0.529. The Balaban J connectivity index is 0.000000924. The van der Waals surface area contributed by atoms with Crippen LogP contribution in [0, 0.1) is 24.4 Å². The largest absolute Gasteiger partial charge is 0.377 e. The van der Waals surface area contributed by atoms with E-state index in [4.69, 9.17) is 0 Å². The number of fused-ring (bicyclic) bond motifs is 1. The van der Waals surface area contributed by atoms with Gasteiger partial charge in [-0.15, -0.1) is 0 Å². The van der Waals surface area contributed by atoms with E-state index in [0.29, 0.717) is 5.82 Å². The first-order valence-corrected chi connectivity index (χ1v) is 8.14. The molecule has 0 amide bonds. The van der Waals surface area contributed by atoms with Gasteiger partial charge in [0.2, 0.25) is 0 Å². The van der Waals surface area contributed by atoms with Gasteiger partial charge in [0.15, 0.2) is 17.5 Å². The minimum absolute atomic E-state index is 0.0254. The van der Waals surface area contributed by atoms with E-state index in [1.165, 1.54) is 0 Å². The van der Waals surface area contributed by atoms with Gasteiger partial charge in [-0.1, -0.05) is 33.1 Å². The maximum Gasteiger partial charge on any atom is 0.185 e. The van der Waals surface area contributed by atoms with E-state index in [0.717, 1.165) is 38.3 Å². The van der Waals surface area contributed by atoms with Crippen LogP contribution in [0.25, 0.3) is 10.9 Å².